The summed E-state index contributed by atoms with van der Waals surface area (Å²) in [5.74, 6) is 0.0838. The predicted octanol–water partition coefficient (Wildman–Crippen LogP) is 4.35. The molecule has 0 radical (unpaired) electrons. The zero-order valence-electron chi connectivity index (χ0n) is 18.5. The van der Waals surface area contributed by atoms with Crippen LogP contribution in [-0.2, 0) is 4.79 Å². The van der Waals surface area contributed by atoms with Crippen molar-refractivity contribution in [2.45, 2.75) is 39.2 Å². The Balaban J connectivity index is 1.79. The standard InChI is InChI=1S/C25H28N4O3/c1-4-22(31)28-11-6-5-10-19(15-28)29-23-20(13-17(3)14-21(23)30)26-25(29)27-24(32)18-9-7-8-16(2)12-18/h4,7-9,12-14,19,30H,1,5-6,10-11,15H2,2-3H3,(H,26,27,32). The Labute approximate surface area is 187 Å². The lowest BCUT2D eigenvalue weighted by atomic mass is 10.1. The van der Waals surface area contributed by atoms with Crippen LogP contribution in [-0.4, -0.2) is 44.5 Å². The minimum absolute atomic E-state index is 0.106. The first-order valence-corrected chi connectivity index (χ1v) is 10.9. The molecule has 7 heteroatoms. The first-order valence-electron chi connectivity index (χ1n) is 10.9. The Morgan fingerprint density at radius 1 is 1.19 bits per heavy atom. The molecule has 0 saturated carbocycles. The number of hydrogen-bond donors (Lipinski definition) is 2. The van der Waals surface area contributed by atoms with Crippen LogP contribution in [0, 0.1) is 13.8 Å². The quantitative estimate of drug-likeness (QED) is 0.600. The van der Waals surface area contributed by atoms with Crippen molar-refractivity contribution in [3.63, 3.8) is 0 Å². The summed E-state index contributed by atoms with van der Waals surface area (Å²) in [4.78, 5) is 31.8. The molecule has 1 unspecified atom stereocenters. The number of aryl methyl sites for hydroxylation is 2. The summed E-state index contributed by atoms with van der Waals surface area (Å²) in [6.07, 6.45) is 3.94. The second-order valence-electron chi connectivity index (χ2n) is 8.42. The lowest BCUT2D eigenvalue weighted by Gasteiger charge is -2.26. The normalized spacial score (nSPS) is 16.6. The van der Waals surface area contributed by atoms with Gasteiger partial charge in [0.15, 0.2) is 0 Å². The van der Waals surface area contributed by atoms with Crippen LogP contribution in [0.25, 0.3) is 11.0 Å². The van der Waals surface area contributed by atoms with Crippen LogP contribution in [0.2, 0.25) is 0 Å². The number of fused-ring (bicyclic) bond motifs is 1. The second kappa shape index (κ2) is 8.86. The molecule has 0 aliphatic carbocycles. The number of carbonyl (C=O) groups excluding carboxylic acids is 2. The van der Waals surface area contributed by atoms with Crippen LogP contribution >= 0.6 is 0 Å². The molecular weight excluding hydrogens is 404 g/mol. The molecule has 1 fully saturated rings. The smallest absolute Gasteiger partial charge is 0.257 e. The minimum Gasteiger partial charge on any atom is -0.506 e. The molecule has 4 rings (SSSR count). The van der Waals surface area contributed by atoms with Gasteiger partial charge in [-0.05, 0) is 69.0 Å². The van der Waals surface area contributed by atoms with Gasteiger partial charge in [-0.25, -0.2) is 4.98 Å². The molecule has 166 valence electrons. The summed E-state index contributed by atoms with van der Waals surface area (Å²) in [5, 5.41) is 13.7. The summed E-state index contributed by atoms with van der Waals surface area (Å²) in [6.45, 7) is 8.55. The molecule has 32 heavy (non-hydrogen) atoms. The summed E-state index contributed by atoms with van der Waals surface area (Å²) >= 11 is 0. The van der Waals surface area contributed by atoms with Gasteiger partial charge in [-0.3, -0.25) is 14.9 Å². The number of nitrogens with zero attached hydrogens (tertiary/aromatic N) is 3. The van der Waals surface area contributed by atoms with E-state index >= 15 is 0 Å². The third-order valence-corrected chi connectivity index (χ3v) is 5.91. The number of rotatable bonds is 4. The lowest BCUT2D eigenvalue weighted by molar-refractivity contribution is -0.126. The number of aromatic nitrogens is 2. The van der Waals surface area contributed by atoms with E-state index in [4.69, 9.17) is 0 Å². The van der Waals surface area contributed by atoms with E-state index in [-0.39, 0.29) is 23.6 Å². The van der Waals surface area contributed by atoms with Gasteiger partial charge in [0, 0.05) is 18.7 Å². The van der Waals surface area contributed by atoms with Gasteiger partial charge in [0.1, 0.15) is 11.3 Å². The molecule has 2 amide bonds. The minimum atomic E-state index is -0.269. The van der Waals surface area contributed by atoms with Gasteiger partial charge in [0.05, 0.1) is 11.6 Å². The Kier molecular flexibility index (Phi) is 5.99. The average Bonchev–Trinajstić information content (AvgIpc) is 2.94. The number of likely N-dealkylation sites (tertiary alicyclic amines) is 1. The topological polar surface area (TPSA) is 87.5 Å². The fraction of sp³-hybridized carbons (Fsp3) is 0.320. The zero-order chi connectivity index (χ0) is 22.8. The molecule has 1 aromatic heterocycles. The highest BCUT2D eigenvalue weighted by Gasteiger charge is 2.27. The van der Waals surface area contributed by atoms with Gasteiger partial charge in [0.25, 0.3) is 5.91 Å². The molecule has 1 atom stereocenters. The van der Waals surface area contributed by atoms with Crippen molar-refractivity contribution < 1.29 is 14.7 Å². The lowest BCUT2D eigenvalue weighted by Crippen LogP contribution is -2.34. The molecule has 2 aromatic carbocycles. The molecule has 3 aromatic rings. The molecule has 1 aliphatic rings. The van der Waals surface area contributed by atoms with Crippen molar-refractivity contribution in [1.29, 1.82) is 0 Å². The molecule has 1 aliphatic heterocycles. The van der Waals surface area contributed by atoms with Crippen molar-refractivity contribution in [1.82, 2.24) is 14.5 Å². The number of benzene rings is 2. The van der Waals surface area contributed by atoms with Gasteiger partial charge >= 0.3 is 0 Å². The Bertz CT molecular complexity index is 1200. The van der Waals surface area contributed by atoms with Gasteiger partial charge in [-0.1, -0.05) is 24.3 Å². The van der Waals surface area contributed by atoms with Crippen molar-refractivity contribution in [3.8, 4) is 5.75 Å². The molecular formula is C25H28N4O3. The number of aromatic hydroxyl groups is 1. The molecule has 2 heterocycles. The number of anilines is 1. The van der Waals surface area contributed by atoms with E-state index < -0.39 is 0 Å². The number of phenolic OH excluding ortho intramolecular Hbond substituents is 1. The number of nitrogens with one attached hydrogen (secondary N) is 1. The van der Waals surface area contributed by atoms with Crippen molar-refractivity contribution in [2.75, 3.05) is 18.4 Å². The molecule has 7 nitrogen and oxygen atoms in total. The van der Waals surface area contributed by atoms with Gasteiger partial charge in [-0.15, -0.1) is 0 Å². The third kappa shape index (κ3) is 4.23. The maximum absolute atomic E-state index is 13.0. The fourth-order valence-electron chi connectivity index (χ4n) is 4.41. The van der Waals surface area contributed by atoms with Crippen molar-refractivity contribution in [2.24, 2.45) is 0 Å². The van der Waals surface area contributed by atoms with Gasteiger partial charge in [-0.2, -0.15) is 0 Å². The maximum atomic E-state index is 13.0. The maximum Gasteiger partial charge on any atom is 0.257 e. The van der Waals surface area contributed by atoms with E-state index in [1.165, 1.54) is 6.08 Å². The molecule has 1 saturated heterocycles. The van der Waals surface area contributed by atoms with Crippen LogP contribution in [0.5, 0.6) is 5.75 Å². The zero-order valence-corrected chi connectivity index (χ0v) is 18.5. The average molecular weight is 433 g/mol. The van der Waals surface area contributed by atoms with Crippen LogP contribution in [0.4, 0.5) is 5.95 Å². The highest BCUT2D eigenvalue weighted by Crippen LogP contribution is 2.35. The van der Waals surface area contributed by atoms with E-state index in [2.05, 4.69) is 16.9 Å². The Morgan fingerprint density at radius 3 is 2.75 bits per heavy atom. The first-order chi connectivity index (χ1) is 15.4. The Morgan fingerprint density at radius 2 is 2.00 bits per heavy atom. The predicted molar refractivity (Wildman–Crippen MR) is 125 cm³/mol. The van der Waals surface area contributed by atoms with Crippen LogP contribution in [0.1, 0.15) is 46.8 Å². The third-order valence-electron chi connectivity index (χ3n) is 5.91. The Hall–Kier alpha value is -3.61. The fourth-order valence-corrected chi connectivity index (χ4v) is 4.41. The summed E-state index contributed by atoms with van der Waals surface area (Å²) in [6, 6.07) is 10.8. The van der Waals surface area contributed by atoms with Crippen LogP contribution < -0.4 is 5.32 Å². The van der Waals surface area contributed by atoms with E-state index in [0.29, 0.717) is 35.6 Å². The van der Waals surface area contributed by atoms with Gasteiger partial charge in [0.2, 0.25) is 11.9 Å². The number of carbonyl (C=O) groups is 2. The molecule has 2 N–H and O–H groups in total. The van der Waals surface area contributed by atoms with E-state index in [9.17, 15) is 14.7 Å². The summed E-state index contributed by atoms with van der Waals surface area (Å²) < 4.78 is 1.88. The largest absolute Gasteiger partial charge is 0.506 e. The molecule has 0 bridgehead atoms. The second-order valence-corrected chi connectivity index (χ2v) is 8.42. The van der Waals surface area contributed by atoms with Gasteiger partial charge < -0.3 is 14.6 Å². The highest BCUT2D eigenvalue weighted by molar-refractivity contribution is 6.04. The first kappa shape index (κ1) is 21.6. The van der Waals surface area contributed by atoms with E-state index in [1.54, 1.807) is 17.0 Å². The van der Waals surface area contributed by atoms with Crippen LogP contribution in [0.3, 0.4) is 0 Å². The number of phenols is 1. The summed E-state index contributed by atoms with van der Waals surface area (Å²) in [7, 11) is 0. The molecule has 0 spiro atoms. The SMILES string of the molecule is C=CC(=O)N1CCCCC(n2c(NC(=O)c3cccc(C)c3)nc3cc(C)cc(O)c32)C1. The number of amides is 2. The number of hydrogen-bond acceptors (Lipinski definition) is 4. The monoisotopic (exact) mass is 432 g/mol. The highest BCUT2D eigenvalue weighted by atomic mass is 16.3. The summed E-state index contributed by atoms with van der Waals surface area (Å²) in [5.41, 5.74) is 3.57. The van der Waals surface area contributed by atoms with E-state index in [0.717, 1.165) is 30.4 Å². The van der Waals surface area contributed by atoms with Crippen molar-refractivity contribution >= 4 is 28.8 Å². The van der Waals surface area contributed by atoms with Crippen molar-refractivity contribution in [3.05, 3.63) is 65.7 Å². The van der Waals surface area contributed by atoms with E-state index in [1.807, 2.05) is 42.7 Å². The van der Waals surface area contributed by atoms with Crippen LogP contribution in [0.15, 0.2) is 49.1 Å². The number of imidazole rings is 1.